The van der Waals surface area contributed by atoms with Crippen molar-refractivity contribution in [3.05, 3.63) is 0 Å². The molecule has 1 aliphatic rings. The van der Waals surface area contributed by atoms with E-state index in [9.17, 15) is 16.9 Å². The quantitative estimate of drug-likeness (QED) is 0.190. The van der Waals surface area contributed by atoms with E-state index in [2.05, 4.69) is 13.8 Å². The molecular formula is C18H38F6NSb. The van der Waals surface area contributed by atoms with Gasteiger partial charge in [-0.2, -0.15) is 0 Å². The minimum absolute atomic E-state index is 0.979. The predicted molar refractivity (Wildman–Crippen MR) is 98.2 cm³/mol. The molecule has 0 saturated carbocycles. The molecule has 1 nitrogen and oxygen atoms in total. The Kier molecular flexibility index (Phi) is 11.5. The molecule has 2 atom stereocenters. The molecule has 0 aliphatic carbocycles. The standard InChI is InChI=1S/C18H37N.6FH.Sb/c1-3-4-5-6-7-8-9-10-11-12-15-19-16-13-14-18(2)17-19;;;;;;;/h18H,3-17H2,1-2H3;6*1H;/q;;;;;;;+5/p-5. The predicted octanol–water partition coefficient (Wildman–Crippen LogP) is 6.36. The fourth-order valence-corrected chi connectivity index (χ4v) is 3.49. The molecular weight excluding hydrogens is 466 g/mol. The third-order valence-corrected chi connectivity index (χ3v) is 4.75. The third kappa shape index (κ3) is 26.6. The van der Waals surface area contributed by atoms with Crippen LogP contribution in [0.15, 0.2) is 0 Å². The van der Waals surface area contributed by atoms with Gasteiger partial charge in [0.05, 0.1) is 19.6 Å². The number of rotatable bonds is 11. The molecule has 1 fully saturated rings. The molecule has 1 aliphatic heterocycles. The Labute approximate surface area is 157 Å². The second-order valence-corrected chi connectivity index (χ2v) is 13.3. The molecule has 8 heteroatoms. The molecule has 2 unspecified atom stereocenters. The summed E-state index contributed by atoms with van der Waals surface area (Å²) in [5, 5.41) is 0. The van der Waals surface area contributed by atoms with Gasteiger partial charge in [0.15, 0.2) is 0 Å². The Morgan fingerprint density at radius 1 is 0.769 bits per heavy atom. The van der Waals surface area contributed by atoms with Crippen molar-refractivity contribution < 1.29 is 21.8 Å². The van der Waals surface area contributed by atoms with Crippen molar-refractivity contribution in [2.45, 2.75) is 90.9 Å². The Bertz CT molecular complexity index is 345. The van der Waals surface area contributed by atoms with Crippen molar-refractivity contribution in [1.82, 2.24) is 0 Å². The summed E-state index contributed by atoms with van der Waals surface area (Å²) in [6.45, 7) is 9.06. The van der Waals surface area contributed by atoms with E-state index in [1.165, 1.54) is 96.7 Å². The summed E-state index contributed by atoms with van der Waals surface area (Å²) >= 11 is -11.2. The van der Waals surface area contributed by atoms with Crippen LogP contribution >= 0.6 is 0 Å². The van der Waals surface area contributed by atoms with E-state index < -0.39 is 19.5 Å². The molecule has 1 N–H and O–H groups in total. The fraction of sp³-hybridized carbons (Fsp3) is 1.00. The number of halogens is 6. The number of hydrogen-bond acceptors (Lipinski definition) is 0. The van der Waals surface area contributed by atoms with Gasteiger partial charge in [-0.25, -0.2) is 0 Å². The van der Waals surface area contributed by atoms with Crippen LogP contribution in [0.1, 0.15) is 90.9 Å². The summed E-state index contributed by atoms with van der Waals surface area (Å²) in [5.41, 5.74) is 0. The normalized spacial score (nSPS) is 23.5. The van der Waals surface area contributed by atoms with Crippen LogP contribution in [0.3, 0.4) is 0 Å². The van der Waals surface area contributed by atoms with Crippen LogP contribution in [-0.2, 0) is 0 Å². The Balaban J connectivity index is 0.000000758. The van der Waals surface area contributed by atoms with Gasteiger partial charge in [0.25, 0.3) is 0 Å². The SMILES string of the molecule is CCCCCCCCCCCC[NH+]1CCCC(C)C1.[F][Sb-]([F])([F])([F])([F])[F]. The van der Waals surface area contributed by atoms with E-state index in [0.717, 1.165) is 5.92 Å². The Hall–Kier alpha value is 0.358. The van der Waals surface area contributed by atoms with Gasteiger partial charge in [-0.1, -0.05) is 65.2 Å². The third-order valence-electron chi connectivity index (χ3n) is 4.75. The molecule has 0 aromatic carbocycles. The molecule has 0 aromatic heterocycles. The Morgan fingerprint density at radius 2 is 1.19 bits per heavy atom. The molecule has 0 bridgehead atoms. The summed E-state index contributed by atoms with van der Waals surface area (Å²) in [4.78, 5) is 1.89. The first kappa shape index (κ1) is 26.4. The first-order chi connectivity index (χ1) is 11.8. The van der Waals surface area contributed by atoms with Crippen molar-refractivity contribution >= 4 is 19.5 Å². The maximum atomic E-state index is 9.93. The minimum atomic E-state index is -11.2. The average Bonchev–Trinajstić information content (AvgIpc) is 2.46. The van der Waals surface area contributed by atoms with Crippen molar-refractivity contribution in [2.75, 3.05) is 19.6 Å². The van der Waals surface area contributed by atoms with Gasteiger partial charge in [0.1, 0.15) is 0 Å². The van der Waals surface area contributed by atoms with Crippen LogP contribution in [0.4, 0.5) is 16.9 Å². The molecule has 1 heterocycles. The fourth-order valence-electron chi connectivity index (χ4n) is 3.49. The summed E-state index contributed by atoms with van der Waals surface area (Å²) in [6, 6.07) is 0. The van der Waals surface area contributed by atoms with E-state index in [-0.39, 0.29) is 0 Å². The molecule has 0 spiro atoms. The van der Waals surface area contributed by atoms with Crippen molar-refractivity contribution in [3.8, 4) is 0 Å². The monoisotopic (exact) mass is 503 g/mol. The van der Waals surface area contributed by atoms with Gasteiger partial charge in [-0.3, -0.25) is 0 Å². The second-order valence-electron chi connectivity index (χ2n) is 7.84. The summed E-state index contributed by atoms with van der Waals surface area (Å²) in [6.07, 6.45) is 17.6. The van der Waals surface area contributed by atoms with E-state index in [4.69, 9.17) is 0 Å². The number of quaternary nitrogens is 1. The van der Waals surface area contributed by atoms with Gasteiger partial charge < -0.3 is 4.90 Å². The zero-order valence-electron chi connectivity index (χ0n) is 16.4. The van der Waals surface area contributed by atoms with Crippen LogP contribution < -0.4 is 4.90 Å². The van der Waals surface area contributed by atoms with Crippen molar-refractivity contribution in [1.29, 1.82) is 0 Å². The van der Waals surface area contributed by atoms with Gasteiger partial charge in [-0.05, 0) is 25.7 Å². The van der Waals surface area contributed by atoms with E-state index in [0.29, 0.717) is 0 Å². The van der Waals surface area contributed by atoms with Crippen LogP contribution in [0, 0.1) is 5.92 Å². The molecule has 1 rings (SSSR count). The van der Waals surface area contributed by atoms with Gasteiger partial charge >= 0.3 is 36.4 Å². The zero-order valence-corrected chi connectivity index (χ0v) is 19.0. The molecule has 26 heavy (non-hydrogen) atoms. The second kappa shape index (κ2) is 11.4. The first-order valence-corrected chi connectivity index (χ1v) is 16.0. The number of piperidine rings is 1. The van der Waals surface area contributed by atoms with E-state index in [1.54, 1.807) is 0 Å². The van der Waals surface area contributed by atoms with Crippen molar-refractivity contribution in [3.63, 3.8) is 0 Å². The first-order valence-electron chi connectivity index (χ1n) is 10.2. The molecule has 0 aromatic rings. The van der Waals surface area contributed by atoms with Crippen molar-refractivity contribution in [2.24, 2.45) is 5.92 Å². The van der Waals surface area contributed by atoms with Crippen LogP contribution in [-0.4, -0.2) is 39.1 Å². The van der Waals surface area contributed by atoms with Crippen LogP contribution in [0.25, 0.3) is 0 Å². The van der Waals surface area contributed by atoms with Gasteiger partial charge in [-0.15, -0.1) is 0 Å². The van der Waals surface area contributed by atoms with Gasteiger partial charge in [0.2, 0.25) is 0 Å². The van der Waals surface area contributed by atoms with E-state index in [1.807, 2.05) is 4.90 Å². The van der Waals surface area contributed by atoms with Crippen LogP contribution in [0.2, 0.25) is 0 Å². The topological polar surface area (TPSA) is 4.44 Å². The number of unbranched alkanes of at least 4 members (excludes halogenated alkanes) is 9. The number of likely N-dealkylation sites (tertiary alicyclic amines) is 1. The summed E-state index contributed by atoms with van der Waals surface area (Å²) in [7, 11) is 0. The number of hydrogen-bond donors (Lipinski definition) is 1. The average molecular weight is 504 g/mol. The molecule has 1 saturated heterocycles. The number of nitrogens with one attached hydrogen (secondary N) is 1. The molecule has 0 radical (unpaired) electrons. The van der Waals surface area contributed by atoms with Crippen LogP contribution in [0.5, 0.6) is 0 Å². The Morgan fingerprint density at radius 3 is 1.62 bits per heavy atom. The maximum absolute atomic E-state index is 11.2. The van der Waals surface area contributed by atoms with E-state index >= 15 is 0 Å². The van der Waals surface area contributed by atoms with Gasteiger partial charge in [0, 0.05) is 5.92 Å². The summed E-state index contributed by atoms with van der Waals surface area (Å²) < 4.78 is 59.6. The zero-order chi connectivity index (χ0) is 20.2. The summed E-state index contributed by atoms with van der Waals surface area (Å²) in [5.74, 6) is 0.979. The molecule has 162 valence electrons. The molecule has 0 amide bonds.